The molecule has 2 nitrogen and oxygen atoms in total. The number of carbonyl (C=O) groups excluding carboxylic acids is 2. The first kappa shape index (κ1) is 7.74. The minimum absolute atomic E-state index is 0.153. The summed E-state index contributed by atoms with van der Waals surface area (Å²) in [4.78, 5) is 20.8. The fraction of sp³-hybridized carbons (Fsp3) is 0.333. The summed E-state index contributed by atoms with van der Waals surface area (Å²) in [6, 6.07) is 0. The van der Waals surface area contributed by atoms with Crippen LogP contribution in [0.15, 0.2) is 11.1 Å². The Morgan fingerprint density at radius 1 is 1.45 bits per heavy atom. The van der Waals surface area contributed by atoms with Crippen LogP contribution < -0.4 is 0 Å². The molecule has 0 unspecified atom stereocenters. The van der Waals surface area contributed by atoms with E-state index in [-0.39, 0.29) is 5.78 Å². The zero-order valence-corrected chi connectivity index (χ0v) is 6.31. The van der Waals surface area contributed by atoms with Crippen LogP contribution >= 0.6 is 0 Å². The van der Waals surface area contributed by atoms with Crippen LogP contribution in [0.4, 0.5) is 0 Å². The second-order valence-corrected chi connectivity index (χ2v) is 2.41. The Bertz CT molecular complexity index is 286. The molecule has 1 aliphatic carbocycles. The van der Waals surface area contributed by atoms with E-state index in [1.54, 1.807) is 6.92 Å². The summed E-state index contributed by atoms with van der Waals surface area (Å²) in [5.74, 6) is 5.11. The third-order valence-corrected chi connectivity index (χ3v) is 1.75. The zero-order chi connectivity index (χ0) is 8.27. The average Bonchev–Trinajstić information content (AvgIpc) is 2.31. The van der Waals surface area contributed by atoms with E-state index in [1.807, 2.05) is 0 Å². The highest BCUT2D eigenvalue weighted by Gasteiger charge is 2.16. The lowest BCUT2D eigenvalue weighted by atomic mass is 10.2. The largest absolute Gasteiger partial charge is 0.295 e. The van der Waals surface area contributed by atoms with Gasteiger partial charge in [0.15, 0.2) is 12.1 Å². The molecule has 0 bridgehead atoms. The van der Waals surface area contributed by atoms with E-state index < -0.39 is 0 Å². The molecule has 0 fully saturated rings. The van der Waals surface area contributed by atoms with Crippen molar-refractivity contribution >= 4 is 12.1 Å². The van der Waals surface area contributed by atoms with Gasteiger partial charge in [0.1, 0.15) is 0 Å². The van der Waals surface area contributed by atoms with Crippen LogP contribution in [0.25, 0.3) is 0 Å². The maximum absolute atomic E-state index is 10.9. The molecule has 0 aromatic rings. The second kappa shape index (κ2) is 3.16. The molecule has 0 atom stereocenters. The molecular formula is C9H8O2. The van der Waals surface area contributed by atoms with Crippen molar-refractivity contribution in [2.75, 3.05) is 0 Å². The lowest BCUT2D eigenvalue weighted by Gasteiger charge is -1.86. The van der Waals surface area contributed by atoms with Crippen molar-refractivity contribution in [3.05, 3.63) is 11.1 Å². The van der Waals surface area contributed by atoms with E-state index in [2.05, 4.69) is 11.8 Å². The second-order valence-electron chi connectivity index (χ2n) is 2.41. The lowest BCUT2D eigenvalue weighted by molar-refractivity contribution is -0.114. The standard InChI is InChI=1S/C9H8O2/c1-7-8(3-2-6-10)4-5-9(7)11/h6H,4-5H2,1H3. The monoisotopic (exact) mass is 148 g/mol. The first-order chi connectivity index (χ1) is 5.25. The molecule has 1 aliphatic rings. The minimum atomic E-state index is 0.153. The van der Waals surface area contributed by atoms with Gasteiger partial charge in [0.25, 0.3) is 0 Å². The van der Waals surface area contributed by atoms with Gasteiger partial charge in [0.2, 0.25) is 0 Å². The number of Topliss-reactive ketones (excluding diaryl/α,β-unsaturated/α-hetero) is 1. The van der Waals surface area contributed by atoms with Crippen molar-refractivity contribution < 1.29 is 9.59 Å². The summed E-state index contributed by atoms with van der Waals surface area (Å²) in [6.45, 7) is 1.75. The fourth-order valence-corrected chi connectivity index (χ4v) is 1.05. The number of hydrogen-bond donors (Lipinski definition) is 0. The van der Waals surface area contributed by atoms with Crippen molar-refractivity contribution in [2.24, 2.45) is 0 Å². The molecule has 2 heteroatoms. The number of aldehydes is 1. The SMILES string of the molecule is CC1=C(C#CC=O)CCC1=O. The number of ketones is 1. The van der Waals surface area contributed by atoms with E-state index in [4.69, 9.17) is 0 Å². The van der Waals surface area contributed by atoms with Gasteiger partial charge in [0.05, 0.1) is 0 Å². The van der Waals surface area contributed by atoms with Crippen molar-refractivity contribution in [1.29, 1.82) is 0 Å². The number of allylic oxidation sites excluding steroid dienone is 2. The molecule has 56 valence electrons. The summed E-state index contributed by atoms with van der Waals surface area (Å²) in [5, 5.41) is 0. The minimum Gasteiger partial charge on any atom is -0.295 e. The predicted molar refractivity (Wildman–Crippen MR) is 40.8 cm³/mol. The first-order valence-corrected chi connectivity index (χ1v) is 3.44. The van der Waals surface area contributed by atoms with Gasteiger partial charge in [-0.25, -0.2) is 0 Å². The number of carbonyl (C=O) groups is 2. The third-order valence-electron chi connectivity index (χ3n) is 1.75. The lowest BCUT2D eigenvalue weighted by Crippen LogP contribution is -1.89. The van der Waals surface area contributed by atoms with Crippen LogP contribution in [-0.4, -0.2) is 12.1 Å². The summed E-state index contributed by atoms with van der Waals surface area (Å²) in [5.41, 5.74) is 1.54. The fourth-order valence-electron chi connectivity index (χ4n) is 1.05. The van der Waals surface area contributed by atoms with Crippen LogP contribution in [-0.2, 0) is 9.59 Å². The highest BCUT2D eigenvalue weighted by molar-refractivity contribution is 5.99. The van der Waals surface area contributed by atoms with Gasteiger partial charge in [-0.2, -0.15) is 0 Å². The summed E-state index contributed by atoms with van der Waals surface area (Å²) >= 11 is 0. The van der Waals surface area contributed by atoms with Crippen LogP contribution in [0.3, 0.4) is 0 Å². The molecule has 0 aliphatic heterocycles. The number of rotatable bonds is 0. The Balaban J connectivity index is 2.88. The Kier molecular flexibility index (Phi) is 2.22. The van der Waals surface area contributed by atoms with Crippen LogP contribution in [0.1, 0.15) is 19.8 Å². The van der Waals surface area contributed by atoms with E-state index in [0.717, 1.165) is 11.1 Å². The van der Waals surface area contributed by atoms with E-state index in [0.29, 0.717) is 19.1 Å². The topological polar surface area (TPSA) is 34.1 Å². The maximum Gasteiger partial charge on any atom is 0.193 e. The molecular weight excluding hydrogens is 140 g/mol. The Morgan fingerprint density at radius 3 is 2.64 bits per heavy atom. The molecule has 0 N–H and O–H groups in total. The highest BCUT2D eigenvalue weighted by Crippen LogP contribution is 2.20. The normalized spacial score (nSPS) is 16.3. The van der Waals surface area contributed by atoms with Gasteiger partial charge < -0.3 is 0 Å². The Labute approximate surface area is 65.3 Å². The molecule has 0 aromatic heterocycles. The van der Waals surface area contributed by atoms with Crippen LogP contribution in [0.5, 0.6) is 0 Å². The van der Waals surface area contributed by atoms with Crippen LogP contribution in [0, 0.1) is 11.8 Å². The average molecular weight is 148 g/mol. The van der Waals surface area contributed by atoms with Crippen molar-refractivity contribution in [1.82, 2.24) is 0 Å². The Morgan fingerprint density at radius 2 is 2.18 bits per heavy atom. The quantitative estimate of drug-likeness (QED) is 0.377. The maximum atomic E-state index is 10.9. The molecule has 11 heavy (non-hydrogen) atoms. The van der Waals surface area contributed by atoms with Crippen molar-refractivity contribution in [3.63, 3.8) is 0 Å². The van der Waals surface area contributed by atoms with Crippen molar-refractivity contribution in [3.8, 4) is 11.8 Å². The summed E-state index contributed by atoms with van der Waals surface area (Å²) < 4.78 is 0. The molecule has 0 amide bonds. The van der Waals surface area contributed by atoms with E-state index in [9.17, 15) is 9.59 Å². The molecule has 0 heterocycles. The predicted octanol–water partition coefficient (Wildman–Crippen LogP) is 0.868. The van der Waals surface area contributed by atoms with Crippen molar-refractivity contribution in [2.45, 2.75) is 19.8 Å². The molecule has 0 spiro atoms. The van der Waals surface area contributed by atoms with E-state index >= 15 is 0 Å². The summed E-state index contributed by atoms with van der Waals surface area (Å²) in [7, 11) is 0. The smallest absolute Gasteiger partial charge is 0.193 e. The number of hydrogen-bond acceptors (Lipinski definition) is 2. The Hall–Kier alpha value is -1.36. The van der Waals surface area contributed by atoms with E-state index in [1.165, 1.54) is 0 Å². The molecule has 0 saturated heterocycles. The molecule has 1 rings (SSSR count). The third kappa shape index (κ3) is 1.56. The van der Waals surface area contributed by atoms with Gasteiger partial charge in [-0.3, -0.25) is 9.59 Å². The van der Waals surface area contributed by atoms with Gasteiger partial charge in [-0.15, -0.1) is 0 Å². The zero-order valence-electron chi connectivity index (χ0n) is 6.31. The van der Waals surface area contributed by atoms with Gasteiger partial charge in [0, 0.05) is 17.6 Å². The first-order valence-electron chi connectivity index (χ1n) is 3.44. The molecule has 0 radical (unpaired) electrons. The van der Waals surface area contributed by atoms with Crippen LogP contribution in [0.2, 0.25) is 0 Å². The highest BCUT2D eigenvalue weighted by atomic mass is 16.1. The summed E-state index contributed by atoms with van der Waals surface area (Å²) in [6.07, 6.45) is 1.79. The van der Waals surface area contributed by atoms with Gasteiger partial charge in [-0.1, -0.05) is 5.92 Å². The van der Waals surface area contributed by atoms with Gasteiger partial charge in [-0.05, 0) is 19.3 Å². The molecule has 0 saturated carbocycles. The van der Waals surface area contributed by atoms with Gasteiger partial charge >= 0.3 is 0 Å². The molecule has 0 aromatic carbocycles.